The highest BCUT2D eigenvalue weighted by Crippen LogP contribution is 2.41. The first-order chi connectivity index (χ1) is 13.8. The Labute approximate surface area is 161 Å². The number of nitrogens with zero attached hydrogens (tertiary/aromatic N) is 8. The lowest BCUT2D eigenvalue weighted by Gasteiger charge is -2.34. The maximum atomic E-state index is 4.69. The van der Waals surface area contributed by atoms with Crippen molar-refractivity contribution in [3.63, 3.8) is 0 Å². The van der Waals surface area contributed by atoms with Gasteiger partial charge in [-0.1, -0.05) is 30.3 Å². The SMILES string of the molecule is C[C@H]1CN(c2cc(C3CC3)nn3cnnc23)Cc2nnc(-c3ccccc3)n21. The van der Waals surface area contributed by atoms with Crippen LogP contribution in [0.5, 0.6) is 0 Å². The van der Waals surface area contributed by atoms with Crippen molar-refractivity contribution >= 4 is 11.3 Å². The summed E-state index contributed by atoms with van der Waals surface area (Å²) in [6, 6.07) is 12.7. The highest BCUT2D eigenvalue weighted by Gasteiger charge is 2.31. The second-order valence-electron chi connectivity index (χ2n) is 7.73. The van der Waals surface area contributed by atoms with E-state index in [9.17, 15) is 0 Å². The Morgan fingerprint density at radius 3 is 2.71 bits per heavy atom. The van der Waals surface area contributed by atoms with Crippen LogP contribution in [0.1, 0.15) is 43.2 Å². The molecule has 0 spiro atoms. The molecule has 8 heteroatoms. The molecule has 4 heterocycles. The first-order valence-corrected chi connectivity index (χ1v) is 9.73. The summed E-state index contributed by atoms with van der Waals surface area (Å²) in [5.74, 6) is 2.48. The van der Waals surface area contributed by atoms with Crippen LogP contribution in [0, 0.1) is 0 Å². The molecule has 1 aromatic carbocycles. The van der Waals surface area contributed by atoms with Crippen molar-refractivity contribution in [1.29, 1.82) is 0 Å². The summed E-state index contributed by atoms with van der Waals surface area (Å²) in [5.41, 5.74) is 4.11. The van der Waals surface area contributed by atoms with Crippen LogP contribution in [0.15, 0.2) is 42.7 Å². The average Bonchev–Trinajstić information content (AvgIpc) is 3.30. The van der Waals surface area contributed by atoms with Crippen LogP contribution < -0.4 is 4.90 Å². The van der Waals surface area contributed by atoms with Crippen molar-refractivity contribution in [3.8, 4) is 11.4 Å². The molecule has 0 N–H and O–H groups in total. The van der Waals surface area contributed by atoms with Crippen molar-refractivity contribution < 1.29 is 0 Å². The smallest absolute Gasteiger partial charge is 0.200 e. The molecule has 0 radical (unpaired) electrons. The zero-order valence-electron chi connectivity index (χ0n) is 15.6. The third kappa shape index (κ3) is 2.41. The summed E-state index contributed by atoms with van der Waals surface area (Å²) in [7, 11) is 0. The molecular weight excluding hydrogens is 352 g/mol. The van der Waals surface area contributed by atoms with Crippen LogP contribution in [0.25, 0.3) is 17.0 Å². The van der Waals surface area contributed by atoms with Gasteiger partial charge >= 0.3 is 0 Å². The largest absolute Gasteiger partial charge is 0.359 e. The quantitative estimate of drug-likeness (QED) is 0.550. The highest BCUT2D eigenvalue weighted by molar-refractivity contribution is 5.69. The van der Waals surface area contributed by atoms with Gasteiger partial charge in [0.05, 0.1) is 24.0 Å². The first kappa shape index (κ1) is 15.7. The molecule has 4 aromatic rings. The van der Waals surface area contributed by atoms with Gasteiger partial charge in [-0.25, -0.2) is 0 Å². The van der Waals surface area contributed by atoms with E-state index in [4.69, 9.17) is 5.10 Å². The van der Waals surface area contributed by atoms with Gasteiger partial charge in [-0.3, -0.25) is 0 Å². The Bertz CT molecular complexity index is 1160. The minimum atomic E-state index is 0.245. The lowest BCUT2D eigenvalue weighted by atomic mass is 10.1. The number of aromatic nitrogens is 7. The van der Waals surface area contributed by atoms with Crippen LogP contribution in [0.2, 0.25) is 0 Å². The molecular formula is C20H20N8. The zero-order chi connectivity index (χ0) is 18.7. The zero-order valence-corrected chi connectivity index (χ0v) is 15.6. The van der Waals surface area contributed by atoms with Crippen molar-refractivity contribution in [2.24, 2.45) is 0 Å². The van der Waals surface area contributed by atoms with E-state index in [0.717, 1.165) is 40.8 Å². The van der Waals surface area contributed by atoms with Gasteiger partial charge in [0.2, 0.25) is 5.65 Å². The number of hydrogen-bond acceptors (Lipinski definition) is 6. The Kier molecular flexibility index (Phi) is 3.29. The third-order valence-corrected chi connectivity index (χ3v) is 5.66. The van der Waals surface area contributed by atoms with E-state index in [-0.39, 0.29) is 6.04 Å². The maximum absolute atomic E-state index is 4.69. The fourth-order valence-corrected chi connectivity index (χ4v) is 4.14. The summed E-state index contributed by atoms with van der Waals surface area (Å²) < 4.78 is 4.07. The van der Waals surface area contributed by atoms with Gasteiger partial charge in [0.25, 0.3) is 0 Å². The van der Waals surface area contributed by atoms with Gasteiger partial charge in [-0.15, -0.1) is 20.4 Å². The summed E-state index contributed by atoms with van der Waals surface area (Å²) in [6.07, 6.45) is 4.12. The first-order valence-electron chi connectivity index (χ1n) is 9.73. The molecule has 3 aromatic heterocycles. The summed E-state index contributed by atoms with van der Waals surface area (Å²) in [4.78, 5) is 2.33. The minimum absolute atomic E-state index is 0.245. The molecule has 2 aliphatic rings. The molecule has 1 fully saturated rings. The van der Waals surface area contributed by atoms with E-state index in [0.29, 0.717) is 12.5 Å². The number of fused-ring (bicyclic) bond motifs is 2. The van der Waals surface area contributed by atoms with Crippen LogP contribution in [0.3, 0.4) is 0 Å². The number of hydrogen-bond donors (Lipinski definition) is 0. The Morgan fingerprint density at radius 1 is 1.04 bits per heavy atom. The Balaban J connectivity index is 1.42. The van der Waals surface area contributed by atoms with Crippen LogP contribution in [0.4, 0.5) is 5.69 Å². The predicted octanol–water partition coefficient (Wildman–Crippen LogP) is 2.84. The number of rotatable bonds is 3. The molecule has 0 unspecified atom stereocenters. The van der Waals surface area contributed by atoms with Crippen LogP contribution >= 0.6 is 0 Å². The van der Waals surface area contributed by atoms with Crippen molar-refractivity contribution in [2.45, 2.75) is 38.3 Å². The number of benzene rings is 1. The van der Waals surface area contributed by atoms with Gasteiger partial charge < -0.3 is 9.47 Å². The Morgan fingerprint density at radius 2 is 1.89 bits per heavy atom. The minimum Gasteiger partial charge on any atom is -0.359 e. The van der Waals surface area contributed by atoms with E-state index in [1.165, 1.54) is 12.8 Å². The lowest BCUT2D eigenvalue weighted by Crippen LogP contribution is -2.37. The van der Waals surface area contributed by atoms with Crippen molar-refractivity contribution in [2.75, 3.05) is 11.4 Å². The fourth-order valence-electron chi connectivity index (χ4n) is 4.14. The molecule has 0 saturated heterocycles. The molecule has 1 aliphatic carbocycles. The molecule has 1 saturated carbocycles. The molecule has 8 nitrogen and oxygen atoms in total. The Hall–Kier alpha value is -3.29. The molecule has 0 bridgehead atoms. The average molecular weight is 372 g/mol. The molecule has 28 heavy (non-hydrogen) atoms. The second kappa shape index (κ2) is 5.85. The third-order valence-electron chi connectivity index (χ3n) is 5.66. The van der Waals surface area contributed by atoms with E-state index >= 15 is 0 Å². The maximum Gasteiger partial charge on any atom is 0.200 e. The molecule has 1 aliphatic heterocycles. The predicted molar refractivity (Wildman–Crippen MR) is 104 cm³/mol. The van der Waals surface area contributed by atoms with E-state index in [2.05, 4.69) is 55.0 Å². The van der Waals surface area contributed by atoms with Gasteiger partial charge in [-0.05, 0) is 25.8 Å². The standard InChI is InChI=1S/C20H20N8/c1-13-10-26(11-18-22-24-19(28(13)18)15-5-3-2-4-6-15)17-9-16(14-7-8-14)25-27-12-21-23-20(17)27/h2-6,9,12-14H,7-8,10-11H2,1H3/t13-/m0/s1. The van der Waals surface area contributed by atoms with E-state index in [1.54, 1.807) is 6.33 Å². The van der Waals surface area contributed by atoms with Gasteiger partial charge in [0.15, 0.2) is 11.6 Å². The van der Waals surface area contributed by atoms with E-state index < -0.39 is 0 Å². The lowest BCUT2D eigenvalue weighted by molar-refractivity contribution is 0.467. The molecule has 6 rings (SSSR count). The molecule has 0 amide bonds. The van der Waals surface area contributed by atoms with Crippen LogP contribution in [-0.4, -0.2) is 41.1 Å². The normalized spacial score (nSPS) is 19.2. The van der Waals surface area contributed by atoms with Gasteiger partial charge in [-0.2, -0.15) is 9.61 Å². The summed E-state index contributed by atoms with van der Waals surface area (Å²) in [6.45, 7) is 3.78. The molecule has 1 atom stereocenters. The van der Waals surface area contributed by atoms with Crippen LogP contribution in [-0.2, 0) is 6.54 Å². The topological polar surface area (TPSA) is 77.0 Å². The molecule has 140 valence electrons. The van der Waals surface area contributed by atoms with Crippen molar-refractivity contribution in [3.05, 3.63) is 54.2 Å². The summed E-state index contributed by atoms with van der Waals surface area (Å²) >= 11 is 0. The second-order valence-corrected chi connectivity index (χ2v) is 7.73. The monoisotopic (exact) mass is 372 g/mol. The highest BCUT2D eigenvalue weighted by atomic mass is 15.4. The van der Waals surface area contributed by atoms with E-state index in [1.807, 2.05) is 22.7 Å². The van der Waals surface area contributed by atoms with Crippen molar-refractivity contribution in [1.82, 2.24) is 34.6 Å². The number of anilines is 1. The van der Waals surface area contributed by atoms with Gasteiger partial charge in [0.1, 0.15) is 6.33 Å². The fraction of sp³-hybridized carbons (Fsp3) is 0.350. The van der Waals surface area contributed by atoms with Gasteiger partial charge in [0, 0.05) is 18.0 Å². The summed E-state index contributed by atoms with van der Waals surface area (Å²) in [5, 5.41) is 22.1.